The Balaban J connectivity index is 1.93. The molecule has 1 saturated heterocycles. The molecule has 9 nitrogen and oxygen atoms in total. The number of nitro groups is 2. The van der Waals surface area contributed by atoms with Gasteiger partial charge in [0.05, 0.1) is 15.6 Å². The van der Waals surface area contributed by atoms with E-state index in [-0.39, 0.29) is 29.4 Å². The molecule has 28 heavy (non-hydrogen) atoms. The number of nitrogens with one attached hydrogen (secondary N) is 1. The molecule has 1 heterocycles. The average molecular weight is 384 g/mol. The van der Waals surface area contributed by atoms with Crippen molar-refractivity contribution in [1.29, 1.82) is 0 Å². The van der Waals surface area contributed by atoms with Crippen LogP contribution in [0.5, 0.6) is 0 Å². The molecule has 0 saturated carbocycles. The minimum atomic E-state index is -0.453. The fourth-order valence-electron chi connectivity index (χ4n) is 3.71. The zero-order valence-electron chi connectivity index (χ0n) is 15.2. The van der Waals surface area contributed by atoms with Crippen molar-refractivity contribution in [3.63, 3.8) is 0 Å². The number of rotatable bonds is 5. The summed E-state index contributed by atoms with van der Waals surface area (Å²) < 4.78 is 0. The summed E-state index contributed by atoms with van der Waals surface area (Å²) in [5.41, 5.74) is 2.34. The first-order valence-electron chi connectivity index (χ1n) is 8.90. The van der Waals surface area contributed by atoms with Crippen LogP contribution in [0.1, 0.15) is 43.0 Å². The van der Waals surface area contributed by atoms with E-state index in [1.54, 1.807) is 24.3 Å². The van der Waals surface area contributed by atoms with Crippen LogP contribution in [0.4, 0.5) is 11.4 Å². The summed E-state index contributed by atoms with van der Waals surface area (Å²) >= 11 is 0. The number of hydrogen-bond acceptors (Lipinski definition) is 7. The van der Waals surface area contributed by atoms with Crippen LogP contribution in [0.15, 0.2) is 53.7 Å². The molecule has 3 rings (SSSR count). The van der Waals surface area contributed by atoms with Crippen LogP contribution < -0.4 is 5.32 Å². The van der Waals surface area contributed by atoms with Crippen molar-refractivity contribution in [2.45, 2.75) is 31.8 Å². The van der Waals surface area contributed by atoms with E-state index in [0.717, 1.165) is 17.5 Å². The van der Waals surface area contributed by atoms with Gasteiger partial charge in [-0.1, -0.05) is 36.3 Å². The number of non-ortho nitro benzene ring substituents is 2. The second-order valence-electron chi connectivity index (χ2n) is 6.70. The third-order valence-corrected chi connectivity index (χ3v) is 5.16. The Kier molecular flexibility index (Phi) is 5.65. The summed E-state index contributed by atoms with van der Waals surface area (Å²) in [7, 11) is 0. The summed E-state index contributed by atoms with van der Waals surface area (Å²) in [6, 6.07) is 12.2. The van der Waals surface area contributed by atoms with E-state index in [1.807, 2.05) is 6.92 Å². The van der Waals surface area contributed by atoms with Crippen molar-refractivity contribution in [1.82, 2.24) is 5.32 Å². The quantitative estimate of drug-likeness (QED) is 0.452. The fourth-order valence-corrected chi connectivity index (χ4v) is 3.71. The van der Waals surface area contributed by atoms with Gasteiger partial charge in [0.1, 0.15) is 0 Å². The fraction of sp³-hybridized carbons (Fsp3) is 0.316. The molecule has 2 N–H and O–H groups in total. The number of oxime groups is 1. The van der Waals surface area contributed by atoms with Crippen molar-refractivity contribution in [3.8, 4) is 0 Å². The highest BCUT2D eigenvalue weighted by Crippen LogP contribution is 2.37. The van der Waals surface area contributed by atoms with Gasteiger partial charge in [-0.2, -0.15) is 0 Å². The highest BCUT2D eigenvalue weighted by molar-refractivity contribution is 5.88. The van der Waals surface area contributed by atoms with E-state index in [1.165, 1.54) is 24.3 Å². The molecule has 2 aromatic rings. The lowest BCUT2D eigenvalue weighted by Gasteiger charge is -2.38. The third kappa shape index (κ3) is 3.84. The van der Waals surface area contributed by atoms with E-state index in [0.29, 0.717) is 12.1 Å². The van der Waals surface area contributed by atoms with Crippen molar-refractivity contribution < 1.29 is 15.1 Å². The molecule has 1 aliphatic heterocycles. The summed E-state index contributed by atoms with van der Waals surface area (Å²) in [5, 5.41) is 38.3. The van der Waals surface area contributed by atoms with Gasteiger partial charge in [-0.25, -0.2) is 0 Å². The summed E-state index contributed by atoms with van der Waals surface area (Å²) in [6.07, 6.45) is 1.19. The molecular weight excluding hydrogens is 364 g/mol. The zero-order chi connectivity index (χ0) is 20.3. The molecule has 3 atom stereocenters. The average Bonchev–Trinajstić information content (AvgIpc) is 2.72. The first-order chi connectivity index (χ1) is 13.4. The lowest BCUT2D eigenvalue weighted by atomic mass is 9.79. The van der Waals surface area contributed by atoms with Crippen molar-refractivity contribution in [3.05, 3.63) is 79.9 Å². The molecule has 2 aromatic carbocycles. The number of piperidine rings is 1. The largest absolute Gasteiger partial charge is 0.411 e. The Bertz CT molecular complexity index is 896. The molecule has 0 radical (unpaired) electrons. The van der Waals surface area contributed by atoms with Crippen LogP contribution >= 0.6 is 0 Å². The third-order valence-electron chi connectivity index (χ3n) is 5.16. The Morgan fingerprint density at radius 2 is 1.50 bits per heavy atom. The van der Waals surface area contributed by atoms with Gasteiger partial charge in [0, 0.05) is 48.7 Å². The van der Waals surface area contributed by atoms with Crippen molar-refractivity contribution in [2.24, 2.45) is 11.1 Å². The van der Waals surface area contributed by atoms with Crippen LogP contribution in [0.3, 0.4) is 0 Å². The molecule has 0 amide bonds. The molecule has 0 aromatic heterocycles. The maximum atomic E-state index is 10.9. The minimum Gasteiger partial charge on any atom is -0.411 e. The van der Waals surface area contributed by atoms with Crippen LogP contribution in [0, 0.1) is 26.1 Å². The van der Waals surface area contributed by atoms with Gasteiger partial charge in [-0.15, -0.1) is 0 Å². The van der Waals surface area contributed by atoms with Gasteiger partial charge in [-0.05, 0) is 17.5 Å². The number of nitrogens with zero attached hydrogens (tertiary/aromatic N) is 3. The van der Waals surface area contributed by atoms with Crippen LogP contribution in [0.2, 0.25) is 0 Å². The molecule has 1 fully saturated rings. The van der Waals surface area contributed by atoms with E-state index in [9.17, 15) is 25.4 Å². The normalized spacial score (nSPS) is 23.5. The van der Waals surface area contributed by atoms with Crippen LogP contribution in [0.25, 0.3) is 0 Å². The number of hydrogen-bond donors (Lipinski definition) is 2. The standard InChI is InChI=1S/C19H20N4O5/c1-2-16-18(21-24)11-17(12-3-7-14(8-4-12)22(25)26)20-19(16)13-5-9-15(10-6-13)23(27)28/h3-10,16-17,19-20,24H,2,11H2,1H3/b21-18-. The highest BCUT2D eigenvalue weighted by atomic mass is 16.6. The van der Waals surface area contributed by atoms with Gasteiger partial charge >= 0.3 is 0 Å². The lowest BCUT2D eigenvalue weighted by Crippen LogP contribution is -2.42. The molecule has 0 aliphatic carbocycles. The summed E-state index contributed by atoms with van der Waals surface area (Å²) in [6.45, 7) is 1.99. The molecule has 0 spiro atoms. The SMILES string of the molecule is CCC1/C(=N\O)CC(c2ccc([N+](=O)[O-])cc2)NC1c1ccc([N+](=O)[O-])cc1. The van der Waals surface area contributed by atoms with E-state index < -0.39 is 9.85 Å². The Labute approximate surface area is 161 Å². The molecule has 146 valence electrons. The predicted molar refractivity (Wildman–Crippen MR) is 102 cm³/mol. The first-order valence-corrected chi connectivity index (χ1v) is 8.90. The first kappa shape index (κ1) is 19.4. The molecule has 1 aliphatic rings. The number of nitro benzene ring substituents is 2. The topological polar surface area (TPSA) is 131 Å². The molecule has 0 bridgehead atoms. The second kappa shape index (κ2) is 8.13. The van der Waals surface area contributed by atoms with Gasteiger partial charge in [-0.3, -0.25) is 20.2 Å². The summed E-state index contributed by atoms with van der Waals surface area (Å²) in [5.74, 6) is -0.0687. The predicted octanol–water partition coefficient (Wildman–Crippen LogP) is 4.14. The van der Waals surface area contributed by atoms with Crippen molar-refractivity contribution >= 4 is 17.1 Å². The highest BCUT2D eigenvalue weighted by Gasteiger charge is 2.36. The minimum absolute atomic E-state index is 0.00830. The van der Waals surface area contributed by atoms with E-state index >= 15 is 0 Å². The Morgan fingerprint density at radius 1 is 1.00 bits per heavy atom. The molecule has 9 heteroatoms. The van der Waals surface area contributed by atoms with Gasteiger partial charge in [0.2, 0.25) is 0 Å². The van der Waals surface area contributed by atoms with Gasteiger partial charge in [0.25, 0.3) is 11.4 Å². The smallest absolute Gasteiger partial charge is 0.269 e. The zero-order valence-corrected chi connectivity index (χ0v) is 15.2. The molecule has 3 unspecified atom stereocenters. The van der Waals surface area contributed by atoms with Gasteiger partial charge < -0.3 is 10.5 Å². The van der Waals surface area contributed by atoms with E-state index in [4.69, 9.17) is 0 Å². The van der Waals surface area contributed by atoms with Crippen LogP contribution in [-0.4, -0.2) is 20.8 Å². The molecular formula is C19H20N4O5. The monoisotopic (exact) mass is 384 g/mol. The Hall–Kier alpha value is -3.33. The van der Waals surface area contributed by atoms with Crippen molar-refractivity contribution in [2.75, 3.05) is 0 Å². The summed E-state index contributed by atoms with van der Waals surface area (Å²) in [4.78, 5) is 20.9. The maximum Gasteiger partial charge on any atom is 0.269 e. The van der Waals surface area contributed by atoms with Gasteiger partial charge in [0.15, 0.2) is 0 Å². The van der Waals surface area contributed by atoms with Crippen LogP contribution in [-0.2, 0) is 0 Å². The Morgan fingerprint density at radius 3 is 1.93 bits per heavy atom. The number of benzene rings is 2. The lowest BCUT2D eigenvalue weighted by molar-refractivity contribution is -0.385. The van der Waals surface area contributed by atoms with E-state index in [2.05, 4.69) is 10.5 Å². The maximum absolute atomic E-state index is 10.9. The second-order valence-corrected chi connectivity index (χ2v) is 6.70.